The first-order chi connectivity index (χ1) is 14.4. The number of hydrogen-bond donors (Lipinski definition) is 2. The molecule has 0 saturated heterocycles. The number of anilines is 1. The summed E-state index contributed by atoms with van der Waals surface area (Å²) in [6.45, 7) is 3.72. The van der Waals surface area contributed by atoms with E-state index in [9.17, 15) is 13.2 Å². The molecule has 2 aromatic rings. The molecule has 0 bridgehead atoms. The number of hydrogen-bond acceptors (Lipinski definition) is 5. The molecule has 1 aliphatic carbocycles. The lowest BCUT2D eigenvalue weighted by atomic mass is 10.2. The van der Waals surface area contributed by atoms with Gasteiger partial charge >= 0.3 is 0 Å². The van der Waals surface area contributed by atoms with E-state index in [1.807, 2.05) is 24.3 Å². The predicted molar refractivity (Wildman–Crippen MR) is 121 cm³/mol. The van der Waals surface area contributed by atoms with Gasteiger partial charge in [-0.15, -0.1) is 18.3 Å². The number of sulfonamides is 1. The Morgan fingerprint density at radius 3 is 2.67 bits per heavy atom. The van der Waals surface area contributed by atoms with E-state index in [1.54, 1.807) is 23.9 Å². The fraction of sp³-hybridized carbons (Fsp3) is 0.318. The predicted octanol–water partition coefficient (Wildman–Crippen LogP) is 4.45. The summed E-state index contributed by atoms with van der Waals surface area (Å²) >= 11 is 1.56. The minimum Gasteiger partial charge on any atom is -0.495 e. The van der Waals surface area contributed by atoms with Gasteiger partial charge in [-0.2, -0.15) is 0 Å². The van der Waals surface area contributed by atoms with E-state index in [2.05, 4.69) is 16.6 Å². The average molecular weight is 447 g/mol. The van der Waals surface area contributed by atoms with Gasteiger partial charge in [0.15, 0.2) is 0 Å². The maximum absolute atomic E-state index is 12.9. The van der Waals surface area contributed by atoms with Crippen LogP contribution >= 0.6 is 11.8 Å². The maximum Gasteiger partial charge on any atom is 0.255 e. The maximum atomic E-state index is 12.9. The van der Waals surface area contributed by atoms with Crippen LogP contribution in [0.25, 0.3) is 0 Å². The van der Waals surface area contributed by atoms with E-state index < -0.39 is 10.0 Å². The highest BCUT2D eigenvalue weighted by Gasteiger charge is 2.26. The van der Waals surface area contributed by atoms with Crippen LogP contribution in [0, 0.1) is 0 Å². The van der Waals surface area contributed by atoms with Crippen LogP contribution in [0.2, 0.25) is 0 Å². The van der Waals surface area contributed by atoms with Gasteiger partial charge in [0.2, 0.25) is 10.0 Å². The lowest BCUT2D eigenvalue weighted by Crippen LogP contribution is -2.33. The topological polar surface area (TPSA) is 84.5 Å². The van der Waals surface area contributed by atoms with Crippen LogP contribution in [0.5, 0.6) is 5.75 Å². The molecule has 0 aliphatic heterocycles. The molecule has 3 rings (SSSR count). The van der Waals surface area contributed by atoms with Gasteiger partial charge in [-0.25, -0.2) is 13.1 Å². The Kier molecular flexibility index (Phi) is 7.58. The first kappa shape index (κ1) is 22.4. The molecule has 0 heterocycles. The van der Waals surface area contributed by atoms with E-state index >= 15 is 0 Å². The molecule has 160 valence electrons. The lowest BCUT2D eigenvalue weighted by molar-refractivity contribution is 0.102. The van der Waals surface area contributed by atoms with Crippen molar-refractivity contribution in [3.63, 3.8) is 0 Å². The van der Waals surface area contributed by atoms with E-state index in [1.165, 1.54) is 19.2 Å². The van der Waals surface area contributed by atoms with Gasteiger partial charge in [-0.05, 0) is 43.2 Å². The van der Waals surface area contributed by atoms with Crippen LogP contribution in [0.3, 0.4) is 0 Å². The molecule has 0 aromatic heterocycles. The molecule has 0 radical (unpaired) electrons. The summed E-state index contributed by atoms with van der Waals surface area (Å²) in [7, 11) is -2.39. The molecule has 0 atom stereocenters. The second-order valence-corrected chi connectivity index (χ2v) is 9.76. The number of carbonyl (C=O) groups excluding carboxylic acids is 1. The van der Waals surface area contributed by atoms with Crippen molar-refractivity contribution in [2.75, 3.05) is 18.2 Å². The lowest BCUT2D eigenvalue weighted by Gasteiger charge is -2.16. The van der Waals surface area contributed by atoms with Crippen LogP contribution < -0.4 is 14.8 Å². The highest BCUT2D eigenvalue weighted by Crippen LogP contribution is 2.30. The number of rotatable bonds is 9. The summed E-state index contributed by atoms with van der Waals surface area (Å²) in [5.74, 6) is 0.533. The smallest absolute Gasteiger partial charge is 0.255 e. The zero-order chi connectivity index (χ0) is 21.6. The van der Waals surface area contributed by atoms with E-state index in [0.717, 1.165) is 30.6 Å². The van der Waals surface area contributed by atoms with Crippen LogP contribution in [0.15, 0.2) is 64.9 Å². The van der Waals surface area contributed by atoms with Crippen LogP contribution in [0.1, 0.15) is 36.0 Å². The summed E-state index contributed by atoms with van der Waals surface area (Å²) in [6.07, 6.45) is 5.45. The van der Waals surface area contributed by atoms with Gasteiger partial charge in [0.05, 0.1) is 12.8 Å². The molecule has 2 N–H and O–H groups in total. The van der Waals surface area contributed by atoms with E-state index in [0.29, 0.717) is 11.4 Å². The van der Waals surface area contributed by atoms with Crippen LogP contribution in [-0.2, 0) is 10.0 Å². The Morgan fingerprint density at radius 2 is 1.97 bits per heavy atom. The van der Waals surface area contributed by atoms with Crippen LogP contribution in [-0.4, -0.2) is 33.2 Å². The van der Waals surface area contributed by atoms with Crippen molar-refractivity contribution < 1.29 is 17.9 Å². The molecule has 6 nitrogen and oxygen atoms in total. The molecule has 1 saturated carbocycles. The Bertz CT molecular complexity index is 1020. The molecule has 0 spiro atoms. The number of ether oxygens (including phenoxy) is 1. The number of carbonyl (C=O) groups is 1. The Balaban J connectivity index is 1.85. The van der Waals surface area contributed by atoms with Crippen molar-refractivity contribution in [3.05, 3.63) is 60.7 Å². The van der Waals surface area contributed by atoms with Crippen molar-refractivity contribution in [1.82, 2.24) is 4.72 Å². The number of methoxy groups -OCH3 is 1. The van der Waals surface area contributed by atoms with E-state index in [4.69, 9.17) is 4.74 Å². The number of thioether (sulfide) groups is 1. The zero-order valence-corrected chi connectivity index (χ0v) is 18.5. The van der Waals surface area contributed by atoms with Crippen molar-refractivity contribution in [3.8, 4) is 5.75 Å². The average Bonchev–Trinajstić information content (AvgIpc) is 3.25. The molecule has 1 aliphatic rings. The first-order valence-corrected chi connectivity index (χ1v) is 12.3. The summed E-state index contributed by atoms with van der Waals surface area (Å²) in [5, 5.41) is 2.87. The second-order valence-electron chi connectivity index (χ2n) is 7.02. The zero-order valence-electron chi connectivity index (χ0n) is 16.9. The van der Waals surface area contributed by atoms with Crippen molar-refractivity contribution >= 4 is 33.4 Å². The third-order valence-electron chi connectivity index (χ3n) is 4.88. The van der Waals surface area contributed by atoms with Gasteiger partial charge in [-0.1, -0.05) is 31.1 Å². The third-order valence-corrected chi connectivity index (χ3v) is 7.50. The van der Waals surface area contributed by atoms with Crippen LogP contribution in [0.4, 0.5) is 5.69 Å². The largest absolute Gasteiger partial charge is 0.495 e. The Morgan fingerprint density at radius 1 is 1.23 bits per heavy atom. The van der Waals surface area contributed by atoms with Crippen molar-refractivity contribution in [1.29, 1.82) is 0 Å². The van der Waals surface area contributed by atoms with Gasteiger partial charge in [0.1, 0.15) is 10.6 Å². The Labute approximate surface area is 182 Å². The molecule has 1 fully saturated rings. The molecule has 8 heteroatoms. The summed E-state index contributed by atoms with van der Waals surface area (Å²) < 4.78 is 33.9. The van der Waals surface area contributed by atoms with Crippen molar-refractivity contribution in [2.45, 2.75) is 41.5 Å². The number of benzene rings is 2. The first-order valence-electron chi connectivity index (χ1n) is 9.79. The third kappa shape index (κ3) is 5.44. The highest BCUT2D eigenvalue weighted by atomic mass is 32.2. The minimum absolute atomic E-state index is 0.0288. The molecule has 30 heavy (non-hydrogen) atoms. The summed E-state index contributed by atoms with van der Waals surface area (Å²) in [5.41, 5.74) is 0.907. The fourth-order valence-corrected chi connectivity index (χ4v) is 5.64. The SMILES string of the molecule is C=CCSc1ccccc1NC(=O)c1ccc(OC)c(S(=O)(=O)NC2CCCC2)c1. The standard InChI is InChI=1S/C22H26N2O4S2/c1-3-14-29-20-11-7-6-10-18(20)23-22(25)16-12-13-19(28-2)21(15-16)30(26,27)24-17-8-4-5-9-17/h3,6-7,10-13,15,17,24H,1,4-5,8-9,14H2,2H3,(H,23,25). The molecule has 1 amide bonds. The van der Waals surface area contributed by atoms with Gasteiger partial charge in [0, 0.05) is 22.3 Å². The number of amides is 1. The number of nitrogens with one attached hydrogen (secondary N) is 2. The van der Waals surface area contributed by atoms with Gasteiger partial charge < -0.3 is 10.1 Å². The number of para-hydroxylation sites is 1. The highest BCUT2D eigenvalue weighted by molar-refractivity contribution is 7.99. The molecule has 2 aromatic carbocycles. The summed E-state index contributed by atoms with van der Waals surface area (Å²) in [4.78, 5) is 13.8. The quantitative estimate of drug-likeness (QED) is 0.439. The monoisotopic (exact) mass is 446 g/mol. The van der Waals surface area contributed by atoms with Gasteiger partial charge in [-0.3, -0.25) is 4.79 Å². The fourth-order valence-electron chi connectivity index (χ4n) is 3.39. The molecular formula is C22H26N2O4S2. The minimum atomic E-state index is -3.81. The Hall–Kier alpha value is -2.29. The normalized spacial score (nSPS) is 14.4. The van der Waals surface area contributed by atoms with E-state index in [-0.39, 0.29) is 28.2 Å². The molecule has 0 unspecified atom stereocenters. The van der Waals surface area contributed by atoms with Gasteiger partial charge in [0.25, 0.3) is 5.91 Å². The summed E-state index contributed by atoms with van der Waals surface area (Å²) in [6, 6.07) is 11.8. The molecular weight excluding hydrogens is 420 g/mol. The van der Waals surface area contributed by atoms with Crippen molar-refractivity contribution in [2.24, 2.45) is 0 Å². The second kappa shape index (κ2) is 10.1.